The molecule has 1 amide bonds. The van der Waals surface area contributed by atoms with Crippen LogP contribution in [-0.2, 0) is 23.2 Å². The van der Waals surface area contributed by atoms with Gasteiger partial charge >= 0.3 is 0 Å². The van der Waals surface area contributed by atoms with Crippen LogP contribution in [0.15, 0.2) is 55.0 Å². The summed E-state index contributed by atoms with van der Waals surface area (Å²) in [6.45, 7) is 12.6. The van der Waals surface area contributed by atoms with Crippen molar-refractivity contribution in [1.82, 2.24) is 25.0 Å². The third-order valence-electron chi connectivity index (χ3n) is 6.53. The minimum atomic E-state index is -0.0877. The van der Waals surface area contributed by atoms with E-state index in [0.717, 1.165) is 43.9 Å². The van der Waals surface area contributed by atoms with Gasteiger partial charge in [-0.05, 0) is 30.5 Å². The highest BCUT2D eigenvalue weighted by molar-refractivity contribution is 5.80. The van der Waals surface area contributed by atoms with E-state index in [0.29, 0.717) is 6.42 Å². The van der Waals surface area contributed by atoms with E-state index in [2.05, 4.69) is 78.1 Å². The molecule has 0 aliphatic carbocycles. The molecule has 1 atom stereocenters. The maximum absolute atomic E-state index is 13.5. The van der Waals surface area contributed by atoms with Gasteiger partial charge in [-0.25, -0.2) is 0 Å². The number of H-pyrrole nitrogens is 1. The summed E-state index contributed by atoms with van der Waals surface area (Å²) < 4.78 is 0. The Hall–Kier alpha value is -2.99. The number of rotatable bonds is 6. The summed E-state index contributed by atoms with van der Waals surface area (Å²) >= 11 is 0. The minimum absolute atomic E-state index is 0.00498. The normalized spacial score (nSPS) is 17.9. The molecule has 0 saturated carbocycles. The number of hydrogen-bond acceptors (Lipinski definition) is 4. The first kappa shape index (κ1) is 23.2. The first-order valence-electron chi connectivity index (χ1n) is 11.9. The van der Waals surface area contributed by atoms with Crippen molar-refractivity contribution in [3.05, 3.63) is 71.8 Å². The van der Waals surface area contributed by atoms with Crippen molar-refractivity contribution >= 4 is 5.91 Å². The number of aromatic nitrogens is 3. The van der Waals surface area contributed by atoms with Crippen LogP contribution in [0.1, 0.15) is 44.5 Å². The Morgan fingerprint density at radius 1 is 1.06 bits per heavy atom. The van der Waals surface area contributed by atoms with Crippen LogP contribution in [0.2, 0.25) is 0 Å². The molecule has 174 valence electrons. The van der Waals surface area contributed by atoms with Gasteiger partial charge in [0.2, 0.25) is 5.91 Å². The molecular weight excluding hydrogens is 410 g/mol. The molecule has 3 heterocycles. The van der Waals surface area contributed by atoms with Crippen LogP contribution in [0.25, 0.3) is 11.1 Å². The van der Waals surface area contributed by atoms with Crippen molar-refractivity contribution in [2.75, 3.05) is 26.2 Å². The first-order chi connectivity index (χ1) is 15.9. The fraction of sp³-hybridized carbons (Fsp3) is 0.444. The summed E-state index contributed by atoms with van der Waals surface area (Å²) in [4.78, 5) is 22.2. The number of carbonyl (C=O) groups is 1. The topological polar surface area (TPSA) is 65.1 Å². The molecule has 2 aromatic heterocycles. The number of pyridine rings is 1. The summed E-state index contributed by atoms with van der Waals surface area (Å²) in [5.74, 6) is 0.166. The van der Waals surface area contributed by atoms with Crippen LogP contribution in [0.5, 0.6) is 0 Å². The molecule has 3 aromatic rings. The van der Waals surface area contributed by atoms with E-state index in [9.17, 15) is 4.79 Å². The Bertz CT molecular complexity index is 1070. The van der Waals surface area contributed by atoms with E-state index in [1.54, 1.807) is 6.20 Å². The molecule has 1 aliphatic rings. The first-order valence-corrected chi connectivity index (χ1v) is 11.9. The lowest BCUT2D eigenvalue weighted by Crippen LogP contribution is -2.37. The zero-order chi connectivity index (χ0) is 23.4. The monoisotopic (exact) mass is 445 g/mol. The largest absolute Gasteiger partial charge is 0.341 e. The van der Waals surface area contributed by atoms with Crippen molar-refractivity contribution in [3.63, 3.8) is 0 Å². The van der Waals surface area contributed by atoms with Gasteiger partial charge in [0.25, 0.3) is 0 Å². The molecule has 4 rings (SSSR count). The molecule has 1 fully saturated rings. The molecule has 0 bridgehead atoms. The van der Waals surface area contributed by atoms with E-state index in [1.807, 2.05) is 23.4 Å². The molecule has 0 unspecified atom stereocenters. The van der Waals surface area contributed by atoms with Gasteiger partial charge < -0.3 is 4.90 Å². The van der Waals surface area contributed by atoms with Crippen LogP contribution in [0.4, 0.5) is 0 Å². The second-order valence-corrected chi connectivity index (χ2v) is 9.97. The number of aromatic amines is 1. The highest BCUT2D eigenvalue weighted by Gasteiger charge is 2.31. The van der Waals surface area contributed by atoms with Crippen LogP contribution in [-0.4, -0.2) is 57.1 Å². The smallest absolute Gasteiger partial charge is 0.227 e. The van der Waals surface area contributed by atoms with Crippen LogP contribution < -0.4 is 0 Å². The molecule has 1 saturated heterocycles. The van der Waals surface area contributed by atoms with Crippen LogP contribution in [0, 0.1) is 5.92 Å². The highest BCUT2D eigenvalue weighted by Crippen LogP contribution is 2.28. The molecule has 6 heteroatoms. The van der Waals surface area contributed by atoms with E-state index in [4.69, 9.17) is 0 Å². The number of amides is 1. The lowest BCUT2D eigenvalue weighted by atomic mass is 9.89. The average Bonchev–Trinajstić information content (AvgIpc) is 3.23. The molecule has 33 heavy (non-hydrogen) atoms. The Morgan fingerprint density at radius 3 is 2.61 bits per heavy atom. The zero-order valence-electron chi connectivity index (χ0n) is 20.2. The maximum atomic E-state index is 13.5. The van der Waals surface area contributed by atoms with Gasteiger partial charge in [-0.3, -0.25) is 19.8 Å². The molecular formula is C27H35N5O. The predicted octanol–water partition coefficient (Wildman–Crippen LogP) is 4.29. The number of nitrogens with one attached hydrogen (secondary N) is 1. The molecule has 6 nitrogen and oxygen atoms in total. The summed E-state index contributed by atoms with van der Waals surface area (Å²) in [5, 5.41) is 7.52. The Labute approximate surface area is 197 Å². The molecule has 0 radical (unpaired) electrons. The maximum Gasteiger partial charge on any atom is 0.227 e. The summed E-state index contributed by atoms with van der Waals surface area (Å²) in [6, 6.07) is 12.4. The standard InChI is InChI=1S/C27H35N5O/c1-5-32-14-13-31(19-23-17-29-30-25(23)27(2,3)4)18-22(26(32)33)15-20-9-6-7-11-24(20)21-10-8-12-28-16-21/h6-12,16-17,22H,5,13-15,18-19H2,1-4H3,(H,29,30)/t22-/m1/s1. The predicted molar refractivity (Wildman–Crippen MR) is 132 cm³/mol. The van der Waals surface area contributed by atoms with Gasteiger partial charge in [-0.1, -0.05) is 51.1 Å². The van der Waals surface area contributed by atoms with Crippen LogP contribution in [0.3, 0.4) is 0 Å². The van der Waals surface area contributed by atoms with Gasteiger partial charge in [0.1, 0.15) is 0 Å². The second-order valence-electron chi connectivity index (χ2n) is 9.97. The summed E-state index contributed by atoms with van der Waals surface area (Å²) in [7, 11) is 0. The summed E-state index contributed by atoms with van der Waals surface area (Å²) in [5.41, 5.74) is 5.83. The third kappa shape index (κ3) is 5.33. The highest BCUT2D eigenvalue weighted by atomic mass is 16.2. The molecule has 1 aromatic carbocycles. The van der Waals surface area contributed by atoms with Gasteiger partial charge in [0.05, 0.1) is 12.1 Å². The number of carbonyl (C=O) groups excluding carboxylic acids is 1. The van der Waals surface area contributed by atoms with Gasteiger partial charge in [0, 0.05) is 67.4 Å². The fourth-order valence-corrected chi connectivity index (χ4v) is 4.81. The molecule has 1 aliphatic heterocycles. The van der Waals surface area contributed by atoms with Gasteiger partial charge in [0.15, 0.2) is 0 Å². The minimum Gasteiger partial charge on any atom is -0.341 e. The number of benzene rings is 1. The Kier molecular flexibility index (Phi) is 6.94. The number of nitrogens with zero attached hydrogens (tertiary/aromatic N) is 4. The average molecular weight is 446 g/mol. The van der Waals surface area contributed by atoms with Crippen molar-refractivity contribution in [2.45, 2.75) is 46.1 Å². The lowest BCUT2D eigenvalue weighted by Gasteiger charge is -2.25. The SMILES string of the molecule is CCN1CCN(Cc2cn[nH]c2C(C)(C)C)C[C@@H](Cc2ccccc2-c2cccnc2)C1=O. The quantitative estimate of drug-likeness (QED) is 0.615. The van der Waals surface area contributed by atoms with Crippen molar-refractivity contribution in [1.29, 1.82) is 0 Å². The second kappa shape index (κ2) is 9.87. The summed E-state index contributed by atoms with van der Waals surface area (Å²) in [6.07, 6.45) is 6.34. The Morgan fingerprint density at radius 2 is 1.88 bits per heavy atom. The van der Waals surface area contributed by atoms with E-state index < -0.39 is 0 Å². The third-order valence-corrected chi connectivity index (χ3v) is 6.53. The fourth-order valence-electron chi connectivity index (χ4n) is 4.81. The van der Waals surface area contributed by atoms with E-state index in [-0.39, 0.29) is 17.2 Å². The van der Waals surface area contributed by atoms with Crippen molar-refractivity contribution in [3.8, 4) is 11.1 Å². The van der Waals surface area contributed by atoms with Crippen molar-refractivity contribution < 1.29 is 4.79 Å². The van der Waals surface area contributed by atoms with Gasteiger partial charge in [-0.15, -0.1) is 0 Å². The van der Waals surface area contributed by atoms with Crippen LogP contribution >= 0.6 is 0 Å². The van der Waals surface area contributed by atoms with Crippen molar-refractivity contribution in [2.24, 2.45) is 5.92 Å². The zero-order valence-corrected chi connectivity index (χ0v) is 20.2. The lowest BCUT2D eigenvalue weighted by molar-refractivity contribution is -0.134. The van der Waals surface area contributed by atoms with E-state index >= 15 is 0 Å². The molecule has 0 spiro atoms. The van der Waals surface area contributed by atoms with E-state index in [1.165, 1.54) is 16.8 Å². The number of likely N-dealkylation sites (N-methyl/N-ethyl adjacent to an activating group) is 1. The molecule has 1 N–H and O–H groups in total. The van der Waals surface area contributed by atoms with Gasteiger partial charge in [-0.2, -0.15) is 5.10 Å². The Balaban J connectivity index is 1.59. The number of hydrogen-bond donors (Lipinski definition) is 1.